The van der Waals surface area contributed by atoms with E-state index in [1.54, 1.807) is 42.5 Å². The summed E-state index contributed by atoms with van der Waals surface area (Å²) in [5.74, 6) is -0.345. The first-order chi connectivity index (χ1) is 11.4. The maximum atomic E-state index is 13.0. The smallest absolute Gasteiger partial charge is 0.258 e. The Bertz CT molecular complexity index is 890. The van der Waals surface area contributed by atoms with Gasteiger partial charge < -0.3 is 4.90 Å². The molecule has 0 saturated carbocycles. The van der Waals surface area contributed by atoms with E-state index in [0.29, 0.717) is 11.3 Å². The molecule has 7 heteroatoms. The van der Waals surface area contributed by atoms with Gasteiger partial charge in [0.25, 0.3) is 5.91 Å². The van der Waals surface area contributed by atoms with E-state index in [9.17, 15) is 13.2 Å². The van der Waals surface area contributed by atoms with Gasteiger partial charge in [0.1, 0.15) is 0 Å². The van der Waals surface area contributed by atoms with Crippen molar-refractivity contribution in [2.24, 2.45) is 0 Å². The zero-order valence-corrected chi connectivity index (χ0v) is 16.4. The third-order valence-corrected chi connectivity index (χ3v) is 6.09. The van der Waals surface area contributed by atoms with Crippen molar-refractivity contribution in [1.82, 2.24) is 0 Å². The van der Waals surface area contributed by atoms with Crippen molar-refractivity contribution in [3.63, 3.8) is 0 Å². The molecule has 1 aliphatic rings. The summed E-state index contributed by atoms with van der Waals surface area (Å²) in [5, 5.41) is 1.18. The Labute approximate surface area is 157 Å². The van der Waals surface area contributed by atoms with Crippen LogP contribution in [0.5, 0.6) is 0 Å². The normalized spacial score (nSPS) is 18.5. The zero-order chi connectivity index (χ0) is 17.3. The van der Waals surface area contributed by atoms with Crippen molar-refractivity contribution in [3.8, 4) is 0 Å². The first-order valence-corrected chi connectivity index (χ1v) is 10.4. The summed E-state index contributed by atoms with van der Waals surface area (Å²) < 4.78 is 25.4. The van der Waals surface area contributed by atoms with Crippen LogP contribution in [0.15, 0.2) is 69.0 Å². The summed E-state index contributed by atoms with van der Waals surface area (Å²) in [7, 11) is -3.27. The van der Waals surface area contributed by atoms with E-state index in [-0.39, 0.29) is 11.7 Å². The van der Waals surface area contributed by atoms with Gasteiger partial charge in [0.15, 0.2) is 9.84 Å². The van der Waals surface area contributed by atoms with E-state index in [1.807, 2.05) is 12.1 Å². The van der Waals surface area contributed by atoms with Gasteiger partial charge in [-0.15, -0.1) is 0 Å². The lowest BCUT2D eigenvalue weighted by Gasteiger charge is -2.28. The molecule has 1 aliphatic heterocycles. The van der Waals surface area contributed by atoms with Gasteiger partial charge >= 0.3 is 0 Å². The summed E-state index contributed by atoms with van der Waals surface area (Å²) in [5.41, 5.74) is 1.15. The molecule has 24 heavy (non-hydrogen) atoms. The SMILES string of the molecule is O=C(c1ccc(Br)cc1)N(c1ccc(Br)cc1)[C@@H]1C=CS(=O)(=O)C1. The quantitative estimate of drug-likeness (QED) is 0.676. The molecule has 0 radical (unpaired) electrons. The molecule has 1 heterocycles. The Morgan fingerprint density at radius 1 is 0.958 bits per heavy atom. The van der Waals surface area contributed by atoms with E-state index in [0.717, 1.165) is 8.95 Å². The molecule has 0 spiro atoms. The van der Waals surface area contributed by atoms with Crippen molar-refractivity contribution in [3.05, 3.63) is 74.5 Å². The molecule has 2 aromatic rings. The highest BCUT2D eigenvalue weighted by Gasteiger charge is 2.31. The Morgan fingerprint density at radius 3 is 2.00 bits per heavy atom. The molecule has 2 aromatic carbocycles. The Hall–Kier alpha value is -1.44. The van der Waals surface area contributed by atoms with Gasteiger partial charge in [-0.1, -0.05) is 31.9 Å². The average Bonchev–Trinajstić information content (AvgIpc) is 2.90. The molecule has 0 unspecified atom stereocenters. The number of anilines is 1. The second-order valence-corrected chi connectivity index (χ2v) is 9.15. The number of rotatable bonds is 3. The Morgan fingerprint density at radius 2 is 1.50 bits per heavy atom. The van der Waals surface area contributed by atoms with Crippen LogP contribution in [0.1, 0.15) is 10.4 Å². The van der Waals surface area contributed by atoms with E-state index in [2.05, 4.69) is 31.9 Å². The molecule has 4 nitrogen and oxygen atoms in total. The largest absolute Gasteiger partial charge is 0.300 e. The Kier molecular flexibility index (Phi) is 4.94. The fourth-order valence-electron chi connectivity index (χ4n) is 2.51. The van der Waals surface area contributed by atoms with Crippen LogP contribution in [0.2, 0.25) is 0 Å². The first-order valence-electron chi connectivity index (χ1n) is 7.11. The molecule has 1 atom stereocenters. The van der Waals surface area contributed by atoms with Gasteiger partial charge in [-0.05, 0) is 54.6 Å². The van der Waals surface area contributed by atoms with Gasteiger partial charge in [-0.2, -0.15) is 0 Å². The second kappa shape index (κ2) is 6.82. The van der Waals surface area contributed by atoms with Crippen LogP contribution in [-0.4, -0.2) is 26.1 Å². The lowest BCUT2D eigenvalue weighted by atomic mass is 10.1. The van der Waals surface area contributed by atoms with E-state index in [1.165, 1.54) is 10.3 Å². The summed E-state index contributed by atoms with van der Waals surface area (Å²) in [4.78, 5) is 14.5. The van der Waals surface area contributed by atoms with Crippen LogP contribution in [0.25, 0.3) is 0 Å². The van der Waals surface area contributed by atoms with Crippen molar-refractivity contribution in [1.29, 1.82) is 0 Å². The highest BCUT2D eigenvalue weighted by Crippen LogP contribution is 2.26. The molecule has 0 bridgehead atoms. The number of sulfone groups is 1. The number of halogens is 2. The molecular weight excluding hydrogens is 458 g/mol. The van der Waals surface area contributed by atoms with Crippen LogP contribution in [0.4, 0.5) is 5.69 Å². The topological polar surface area (TPSA) is 54.5 Å². The molecule has 0 saturated heterocycles. The molecule has 0 aliphatic carbocycles. The predicted octanol–water partition coefficient (Wildman–Crippen LogP) is 4.17. The van der Waals surface area contributed by atoms with Gasteiger partial charge in [0.05, 0.1) is 11.8 Å². The lowest BCUT2D eigenvalue weighted by Crippen LogP contribution is -2.41. The van der Waals surface area contributed by atoms with Crippen molar-refractivity contribution < 1.29 is 13.2 Å². The van der Waals surface area contributed by atoms with Gasteiger partial charge in [0, 0.05) is 25.6 Å². The van der Waals surface area contributed by atoms with Gasteiger partial charge in [0.2, 0.25) is 0 Å². The minimum atomic E-state index is -3.27. The first kappa shape index (κ1) is 17.4. The predicted molar refractivity (Wildman–Crippen MR) is 102 cm³/mol. The minimum Gasteiger partial charge on any atom is -0.300 e. The monoisotopic (exact) mass is 469 g/mol. The maximum Gasteiger partial charge on any atom is 0.258 e. The Balaban J connectivity index is 2.01. The number of hydrogen-bond acceptors (Lipinski definition) is 3. The zero-order valence-electron chi connectivity index (χ0n) is 12.4. The number of amides is 1. The van der Waals surface area contributed by atoms with Crippen LogP contribution in [0, 0.1) is 0 Å². The van der Waals surface area contributed by atoms with Crippen LogP contribution in [-0.2, 0) is 9.84 Å². The van der Waals surface area contributed by atoms with Gasteiger partial charge in [-0.25, -0.2) is 8.42 Å². The highest BCUT2D eigenvalue weighted by atomic mass is 79.9. The number of hydrogen-bond donors (Lipinski definition) is 0. The summed E-state index contributed by atoms with van der Waals surface area (Å²) in [6.07, 6.45) is 1.56. The summed E-state index contributed by atoms with van der Waals surface area (Å²) in [6.45, 7) is 0. The molecule has 0 fully saturated rings. The number of carbonyl (C=O) groups excluding carboxylic acids is 1. The van der Waals surface area contributed by atoms with Crippen LogP contribution in [0.3, 0.4) is 0 Å². The van der Waals surface area contributed by atoms with Crippen molar-refractivity contribution in [2.75, 3.05) is 10.7 Å². The fraction of sp³-hybridized carbons (Fsp3) is 0.118. The molecular formula is C17H13Br2NO3S. The average molecular weight is 471 g/mol. The third kappa shape index (κ3) is 3.79. The third-order valence-electron chi connectivity index (χ3n) is 3.66. The highest BCUT2D eigenvalue weighted by molar-refractivity contribution is 9.10. The number of benzene rings is 2. The standard InChI is InChI=1S/C17H13Br2NO3S/c18-13-3-1-12(2-4-13)17(21)20(15-7-5-14(19)6-8-15)16-9-10-24(22,23)11-16/h1-10,16H,11H2/t16-/m1/s1. The van der Waals surface area contributed by atoms with Crippen molar-refractivity contribution >= 4 is 53.3 Å². The fourth-order valence-corrected chi connectivity index (χ4v) is 4.31. The number of nitrogens with zero attached hydrogens (tertiary/aromatic N) is 1. The second-order valence-electron chi connectivity index (χ2n) is 5.38. The summed E-state index contributed by atoms with van der Waals surface area (Å²) in [6, 6.07) is 13.7. The number of carbonyl (C=O) groups is 1. The molecule has 124 valence electrons. The maximum absolute atomic E-state index is 13.0. The molecule has 1 amide bonds. The molecule has 0 N–H and O–H groups in total. The lowest BCUT2D eigenvalue weighted by molar-refractivity contribution is 0.0983. The van der Waals surface area contributed by atoms with Crippen LogP contribution < -0.4 is 4.90 Å². The van der Waals surface area contributed by atoms with E-state index < -0.39 is 15.9 Å². The minimum absolute atomic E-state index is 0.106. The van der Waals surface area contributed by atoms with Crippen LogP contribution >= 0.6 is 31.9 Å². The van der Waals surface area contributed by atoms with E-state index >= 15 is 0 Å². The summed E-state index contributed by atoms with van der Waals surface area (Å²) >= 11 is 6.71. The van der Waals surface area contributed by atoms with Gasteiger partial charge in [-0.3, -0.25) is 4.79 Å². The van der Waals surface area contributed by atoms with E-state index in [4.69, 9.17) is 0 Å². The molecule has 3 rings (SSSR count). The van der Waals surface area contributed by atoms with Crippen molar-refractivity contribution in [2.45, 2.75) is 6.04 Å². The molecule has 0 aromatic heterocycles.